The minimum atomic E-state index is -0.451. The van der Waals surface area contributed by atoms with Crippen LogP contribution in [0.5, 0.6) is 11.5 Å². The normalized spacial score (nSPS) is 23.6. The van der Waals surface area contributed by atoms with Crippen molar-refractivity contribution >= 4 is 18.0 Å². The van der Waals surface area contributed by atoms with Crippen molar-refractivity contribution in [1.29, 1.82) is 0 Å². The maximum Gasteiger partial charge on any atom is 0.254 e. The van der Waals surface area contributed by atoms with E-state index in [9.17, 15) is 9.59 Å². The van der Waals surface area contributed by atoms with Crippen molar-refractivity contribution in [3.63, 3.8) is 0 Å². The quantitative estimate of drug-likeness (QED) is 0.336. The number of amides is 2. The monoisotopic (exact) mass is 494 g/mol. The summed E-state index contributed by atoms with van der Waals surface area (Å²) in [6.07, 6.45) is 1.51. The van der Waals surface area contributed by atoms with E-state index >= 15 is 0 Å². The first-order valence-electron chi connectivity index (χ1n) is 12.9. The maximum atomic E-state index is 13.8. The highest BCUT2D eigenvalue weighted by atomic mass is 16.5. The van der Waals surface area contributed by atoms with Gasteiger partial charge in [-0.25, -0.2) is 0 Å². The molecule has 7 rings (SSSR count). The largest absolute Gasteiger partial charge is 0.491 e. The molecule has 2 atom stereocenters. The third-order valence-corrected chi connectivity index (χ3v) is 7.46. The van der Waals surface area contributed by atoms with Gasteiger partial charge in [-0.1, -0.05) is 48.5 Å². The molecule has 0 N–H and O–H groups in total. The molecule has 0 unspecified atom stereocenters. The number of carbonyl (C=O) groups is 2. The molecule has 1 aliphatic heterocycles. The smallest absolute Gasteiger partial charge is 0.254 e. The summed E-state index contributed by atoms with van der Waals surface area (Å²) in [4.78, 5) is 27.5. The van der Waals surface area contributed by atoms with Gasteiger partial charge in [-0.15, -0.1) is 0 Å². The van der Waals surface area contributed by atoms with Gasteiger partial charge in [-0.2, -0.15) is 10.1 Å². The number of rotatable bonds is 6. The molecule has 0 saturated carbocycles. The van der Waals surface area contributed by atoms with Crippen LogP contribution in [0.4, 0.5) is 0 Å². The van der Waals surface area contributed by atoms with Gasteiger partial charge in [-0.05, 0) is 62.1 Å². The molecule has 1 fully saturated rings. The molecule has 2 amide bonds. The molecule has 6 nitrogen and oxygen atoms in total. The van der Waals surface area contributed by atoms with E-state index in [1.54, 1.807) is 6.21 Å². The second kappa shape index (κ2) is 8.87. The van der Waals surface area contributed by atoms with Gasteiger partial charge in [0.05, 0.1) is 30.3 Å². The molecule has 3 aromatic rings. The zero-order valence-corrected chi connectivity index (χ0v) is 21.4. The molecule has 3 aliphatic carbocycles. The van der Waals surface area contributed by atoms with Crippen LogP contribution in [-0.4, -0.2) is 35.2 Å². The number of benzene rings is 3. The van der Waals surface area contributed by atoms with E-state index in [4.69, 9.17) is 9.47 Å². The highest BCUT2D eigenvalue weighted by Gasteiger charge is 2.61. The van der Waals surface area contributed by atoms with Gasteiger partial charge in [0.1, 0.15) is 11.5 Å². The minimum Gasteiger partial charge on any atom is -0.491 e. The summed E-state index contributed by atoms with van der Waals surface area (Å²) in [6, 6.07) is 21.9. The Morgan fingerprint density at radius 3 is 1.68 bits per heavy atom. The molecule has 4 aliphatic rings. The second-order valence-electron chi connectivity index (χ2n) is 10.5. The van der Waals surface area contributed by atoms with Gasteiger partial charge in [0, 0.05) is 23.5 Å². The van der Waals surface area contributed by atoms with E-state index in [1.165, 1.54) is 0 Å². The number of carbonyl (C=O) groups excluding carboxylic acids is 2. The number of nitrogens with zero attached hydrogens (tertiary/aromatic N) is 2. The molecule has 1 heterocycles. The van der Waals surface area contributed by atoms with Crippen molar-refractivity contribution < 1.29 is 19.1 Å². The van der Waals surface area contributed by atoms with E-state index < -0.39 is 11.8 Å². The van der Waals surface area contributed by atoms with Crippen molar-refractivity contribution in [3.8, 4) is 11.5 Å². The predicted molar refractivity (Wildman–Crippen MR) is 141 cm³/mol. The zero-order valence-electron chi connectivity index (χ0n) is 21.4. The molecule has 2 bridgehead atoms. The Morgan fingerprint density at radius 2 is 1.22 bits per heavy atom. The summed E-state index contributed by atoms with van der Waals surface area (Å²) in [5.41, 5.74) is 5.26. The predicted octanol–water partition coefficient (Wildman–Crippen LogP) is 5.49. The van der Waals surface area contributed by atoms with E-state index in [0.29, 0.717) is 17.1 Å². The lowest BCUT2D eigenvalue weighted by Crippen LogP contribution is -2.41. The second-order valence-corrected chi connectivity index (χ2v) is 10.5. The van der Waals surface area contributed by atoms with Gasteiger partial charge >= 0.3 is 0 Å². The van der Waals surface area contributed by atoms with E-state index in [0.717, 1.165) is 27.3 Å². The van der Waals surface area contributed by atoms with Crippen molar-refractivity contribution in [2.24, 2.45) is 16.9 Å². The Labute approximate surface area is 216 Å². The Kier molecular flexibility index (Phi) is 5.63. The Balaban J connectivity index is 1.36. The lowest BCUT2D eigenvalue weighted by atomic mass is 9.55. The summed E-state index contributed by atoms with van der Waals surface area (Å²) in [6.45, 7) is 7.82. The molecule has 0 aromatic heterocycles. The average Bonchev–Trinajstić information content (AvgIpc) is 3.13. The standard InChI is InChI=1S/C31H30N2O4/c1-17(2)36-20-14-13-19(25(15-20)37-18(3)4)16-32-33-30(34)28-26-21-9-5-6-10-22(21)27(29(28)31(33)35)24-12-8-7-11-23(24)26/h5-18,26-29H,1-4H3/b32-16-/t26?,27?,28-,29-/m1/s1. The molecule has 37 heavy (non-hydrogen) atoms. The summed E-state index contributed by atoms with van der Waals surface area (Å²) >= 11 is 0. The SMILES string of the molecule is CC(C)Oc1ccc(/C=N\N2C(=O)[C@@H]3C4c5ccccc5C(c5ccccc54)[C@H]3C2=O)c(OC(C)C)c1. The average molecular weight is 495 g/mol. The van der Waals surface area contributed by atoms with Crippen LogP contribution >= 0.6 is 0 Å². The lowest BCUT2D eigenvalue weighted by molar-refractivity contribution is -0.139. The third kappa shape index (κ3) is 3.74. The van der Waals surface area contributed by atoms with Gasteiger partial charge in [0.15, 0.2) is 0 Å². The van der Waals surface area contributed by atoms with Crippen molar-refractivity contribution in [1.82, 2.24) is 5.01 Å². The van der Waals surface area contributed by atoms with E-state index in [1.807, 2.05) is 70.2 Å². The van der Waals surface area contributed by atoms with E-state index in [-0.39, 0.29) is 35.9 Å². The van der Waals surface area contributed by atoms with Crippen molar-refractivity contribution in [2.75, 3.05) is 0 Å². The molecule has 0 radical (unpaired) electrons. The van der Waals surface area contributed by atoms with Crippen LogP contribution in [-0.2, 0) is 9.59 Å². The fourth-order valence-corrected chi connectivity index (χ4v) is 6.22. The van der Waals surface area contributed by atoms with Crippen LogP contribution in [0.2, 0.25) is 0 Å². The Hall–Kier alpha value is -3.93. The Morgan fingerprint density at radius 1 is 0.730 bits per heavy atom. The highest BCUT2D eigenvalue weighted by Crippen LogP contribution is 2.60. The molecule has 3 aromatic carbocycles. The molecule has 0 spiro atoms. The van der Waals surface area contributed by atoms with Crippen LogP contribution in [0.3, 0.4) is 0 Å². The van der Waals surface area contributed by atoms with Crippen LogP contribution in [0.15, 0.2) is 71.8 Å². The Bertz CT molecular complexity index is 1310. The third-order valence-electron chi connectivity index (χ3n) is 7.46. The molecule has 188 valence electrons. The molecule has 1 saturated heterocycles. The molecule has 6 heteroatoms. The summed E-state index contributed by atoms with van der Waals surface area (Å²) in [7, 11) is 0. The fourth-order valence-electron chi connectivity index (χ4n) is 6.22. The van der Waals surface area contributed by atoms with Gasteiger partial charge in [-0.3, -0.25) is 9.59 Å². The van der Waals surface area contributed by atoms with Crippen LogP contribution in [0.1, 0.15) is 67.3 Å². The van der Waals surface area contributed by atoms with Crippen molar-refractivity contribution in [3.05, 3.63) is 94.5 Å². The summed E-state index contributed by atoms with van der Waals surface area (Å²) in [5.74, 6) is -0.395. The lowest BCUT2D eigenvalue weighted by Gasteiger charge is -2.45. The number of hydrogen-bond donors (Lipinski definition) is 0. The van der Waals surface area contributed by atoms with E-state index in [2.05, 4.69) is 29.4 Å². The first-order valence-corrected chi connectivity index (χ1v) is 12.9. The number of hydrazone groups is 1. The topological polar surface area (TPSA) is 68.2 Å². The number of hydrogen-bond acceptors (Lipinski definition) is 5. The van der Waals surface area contributed by atoms with Gasteiger partial charge in [0.25, 0.3) is 11.8 Å². The molecular formula is C31H30N2O4. The first-order chi connectivity index (χ1) is 17.8. The number of imide groups is 1. The molecular weight excluding hydrogens is 464 g/mol. The van der Waals surface area contributed by atoms with Crippen LogP contribution < -0.4 is 9.47 Å². The summed E-state index contributed by atoms with van der Waals surface area (Å²) in [5, 5.41) is 5.54. The highest BCUT2D eigenvalue weighted by molar-refractivity contribution is 6.08. The first kappa shape index (κ1) is 23.5. The van der Waals surface area contributed by atoms with Gasteiger partial charge in [0.2, 0.25) is 0 Å². The maximum absolute atomic E-state index is 13.8. The van der Waals surface area contributed by atoms with Crippen molar-refractivity contribution in [2.45, 2.75) is 51.7 Å². The summed E-state index contributed by atoms with van der Waals surface area (Å²) < 4.78 is 11.8. The zero-order chi connectivity index (χ0) is 25.8. The van der Waals surface area contributed by atoms with Crippen LogP contribution in [0, 0.1) is 11.8 Å². The van der Waals surface area contributed by atoms with Gasteiger partial charge < -0.3 is 9.47 Å². The number of ether oxygens (including phenoxy) is 2. The van der Waals surface area contributed by atoms with Crippen LogP contribution in [0.25, 0.3) is 0 Å². The minimum absolute atomic E-state index is 0.0261. The fraction of sp³-hybridized carbons (Fsp3) is 0.323.